The zero-order chi connectivity index (χ0) is 9.52. The molecule has 1 aromatic rings. The summed E-state index contributed by atoms with van der Waals surface area (Å²) in [6.07, 6.45) is 3.80. The SMILES string of the molecule is CCCC(CC)NCc1ccsc1. The maximum absolute atomic E-state index is 3.58. The van der Waals surface area contributed by atoms with Crippen LogP contribution in [0.2, 0.25) is 0 Å². The zero-order valence-corrected chi connectivity index (χ0v) is 9.36. The lowest BCUT2D eigenvalue weighted by molar-refractivity contribution is 0.463. The molecule has 0 amide bonds. The maximum atomic E-state index is 3.58. The molecule has 74 valence electrons. The second-order valence-electron chi connectivity index (χ2n) is 3.41. The number of nitrogens with one attached hydrogen (secondary N) is 1. The summed E-state index contributed by atoms with van der Waals surface area (Å²) in [4.78, 5) is 0. The Hall–Kier alpha value is -0.340. The van der Waals surface area contributed by atoms with Crippen molar-refractivity contribution in [2.45, 2.75) is 45.7 Å². The predicted octanol–water partition coefficient (Wildman–Crippen LogP) is 3.42. The van der Waals surface area contributed by atoms with Gasteiger partial charge in [-0.25, -0.2) is 0 Å². The monoisotopic (exact) mass is 197 g/mol. The van der Waals surface area contributed by atoms with Crippen LogP contribution in [0.1, 0.15) is 38.7 Å². The van der Waals surface area contributed by atoms with Crippen molar-refractivity contribution < 1.29 is 0 Å². The molecule has 13 heavy (non-hydrogen) atoms. The molecular formula is C11H19NS. The van der Waals surface area contributed by atoms with E-state index >= 15 is 0 Å². The molecule has 0 aliphatic carbocycles. The quantitative estimate of drug-likeness (QED) is 0.737. The Bertz CT molecular complexity index is 206. The average Bonchev–Trinajstić information content (AvgIpc) is 2.64. The van der Waals surface area contributed by atoms with Crippen LogP contribution in [-0.4, -0.2) is 6.04 Å². The van der Waals surface area contributed by atoms with Crippen molar-refractivity contribution >= 4 is 11.3 Å². The third kappa shape index (κ3) is 3.92. The van der Waals surface area contributed by atoms with Crippen LogP contribution in [-0.2, 0) is 6.54 Å². The molecule has 0 bridgehead atoms. The fourth-order valence-electron chi connectivity index (χ4n) is 1.45. The van der Waals surface area contributed by atoms with Crippen molar-refractivity contribution in [1.29, 1.82) is 0 Å². The first kappa shape index (κ1) is 10.7. The minimum absolute atomic E-state index is 0.699. The molecule has 0 aliphatic heterocycles. The van der Waals surface area contributed by atoms with Crippen LogP contribution in [0, 0.1) is 0 Å². The van der Waals surface area contributed by atoms with Crippen LogP contribution in [0.4, 0.5) is 0 Å². The van der Waals surface area contributed by atoms with E-state index in [4.69, 9.17) is 0 Å². The van der Waals surface area contributed by atoms with Crippen LogP contribution in [0.25, 0.3) is 0 Å². The van der Waals surface area contributed by atoms with Gasteiger partial charge in [0.1, 0.15) is 0 Å². The lowest BCUT2D eigenvalue weighted by Gasteiger charge is -2.15. The first-order valence-corrected chi connectivity index (χ1v) is 6.05. The summed E-state index contributed by atoms with van der Waals surface area (Å²) in [6.45, 7) is 5.53. The van der Waals surface area contributed by atoms with E-state index in [1.165, 1.54) is 24.8 Å². The normalized spacial score (nSPS) is 13.1. The van der Waals surface area contributed by atoms with E-state index in [1.807, 2.05) is 0 Å². The molecule has 1 N–H and O–H groups in total. The fourth-order valence-corrected chi connectivity index (χ4v) is 2.12. The zero-order valence-electron chi connectivity index (χ0n) is 8.55. The van der Waals surface area contributed by atoms with Gasteiger partial charge in [-0.05, 0) is 35.2 Å². The van der Waals surface area contributed by atoms with Crippen molar-refractivity contribution in [3.8, 4) is 0 Å². The molecule has 1 nitrogen and oxygen atoms in total. The van der Waals surface area contributed by atoms with Crippen molar-refractivity contribution in [1.82, 2.24) is 5.32 Å². The Morgan fingerprint density at radius 3 is 2.85 bits per heavy atom. The number of hydrogen-bond acceptors (Lipinski definition) is 2. The van der Waals surface area contributed by atoms with E-state index < -0.39 is 0 Å². The highest BCUT2D eigenvalue weighted by molar-refractivity contribution is 7.07. The molecule has 0 saturated carbocycles. The average molecular weight is 197 g/mol. The van der Waals surface area contributed by atoms with Crippen molar-refractivity contribution in [3.05, 3.63) is 22.4 Å². The minimum atomic E-state index is 0.699. The van der Waals surface area contributed by atoms with Gasteiger partial charge in [0.05, 0.1) is 0 Å². The van der Waals surface area contributed by atoms with Gasteiger partial charge < -0.3 is 5.32 Å². The fraction of sp³-hybridized carbons (Fsp3) is 0.636. The summed E-state index contributed by atoms with van der Waals surface area (Å²) in [7, 11) is 0. The third-order valence-electron chi connectivity index (χ3n) is 2.30. The highest BCUT2D eigenvalue weighted by Gasteiger charge is 2.03. The summed E-state index contributed by atoms with van der Waals surface area (Å²) >= 11 is 1.77. The van der Waals surface area contributed by atoms with Gasteiger partial charge in [-0.1, -0.05) is 20.3 Å². The molecule has 0 saturated heterocycles. The van der Waals surface area contributed by atoms with Crippen LogP contribution < -0.4 is 5.32 Å². The Morgan fingerprint density at radius 1 is 1.46 bits per heavy atom. The first-order chi connectivity index (χ1) is 6.36. The van der Waals surface area contributed by atoms with Crippen molar-refractivity contribution in [3.63, 3.8) is 0 Å². The number of rotatable bonds is 6. The molecule has 0 spiro atoms. The summed E-state index contributed by atoms with van der Waals surface area (Å²) in [5.74, 6) is 0. The molecule has 1 unspecified atom stereocenters. The van der Waals surface area contributed by atoms with E-state index in [2.05, 4.69) is 36.0 Å². The predicted molar refractivity (Wildman–Crippen MR) is 60.1 cm³/mol. The van der Waals surface area contributed by atoms with E-state index in [9.17, 15) is 0 Å². The Labute approximate surface area is 85.2 Å². The maximum Gasteiger partial charge on any atom is 0.0216 e. The van der Waals surface area contributed by atoms with Crippen LogP contribution >= 0.6 is 11.3 Å². The summed E-state index contributed by atoms with van der Waals surface area (Å²) in [6, 6.07) is 2.89. The molecule has 1 heterocycles. The Kier molecular flexibility index (Phi) is 5.09. The van der Waals surface area contributed by atoms with Crippen LogP contribution in [0.15, 0.2) is 16.8 Å². The standard InChI is InChI=1S/C11H19NS/c1-3-5-11(4-2)12-8-10-6-7-13-9-10/h6-7,9,11-12H,3-5,8H2,1-2H3. The molecule has 0 fully saturated rings. The largest absolute Gasteiger partial charge is 0.310 e. The highest BCUT2D eigenvalue weighted by Crippen LogP contribution is 2.07. The van der Waals surface area contributed by atoms with Gasteiger partial charge in [-0.15, -0.1) is 0 Å². The molecular weight excluding hydrogens is 178 g/mol. The molecule has 1 atom stereocenters. The summed E-state index contributed by atoms with van der Waals surface area (Å²) in [5, 5.41) is 7.93. The van der Waals surface area contributed by atoms with Crippen LogP contribution in [0.5, 0.6) is 0 Å². The van der Waals surface area contributed by atoms with E-state index in [1.54, 1.807) is 11.3 Å². The topological polar surface area (TPSA) is 12.0 Å². The lowest BCUT2D eigenvalue weighted by Crippen LogP contribution is -2.27. The minimum Gasteiger partial charge on any atom is -0.310 e. The molecule has 0 aromatic carbocycles. The van der Waals surface area contributed by atoms with Gasteiger partial charge in [-0.3, -0.25) is 0 Å². The second-order valence-corrected chi connectivity index (χ2v) is 4.19. The van der Waals surface area contributed by atoms with Gasteiger partial charge in [-0.2, -0.15) is 11.3 Å². The van der Waals surface area contributed by atoms with Crippen molar-refractivity contribution in [2.75, 3.05) is 0 Å². The van der Waals surface area contributed by atoms with Gasteiger partial charge in [0, 0.05) is 12.6 Å². The van der Waals surface area contributed by atoms with Gasteiger partial charge in [0.25, 0.3) is 0 Å². The second kappa shape index (κ2) is 6.17. The molecule has 1 rings (SSSR count). The van der Waals surface area contributed by atoms with E-state index in [0.29, 0.717) is 6.04 Å². The van der Waals surface area contributed by atoms with Crippen molar-refractivity contribution in [2.24, 2.45) is 0 Å². The highest BCUT2D eigenvalue weighted by atomic mass is 32.1. The Balaban J connectivity index is 2.23. The molecule has 0 radical (unpaired) electrons. The van der Waals surface area contributed by atoms with Gasteiger partial charge >= 0.3 is 0 Å². The number of thiophene rings is 1. The lowest BCUT2D eigenvalue weighted by atomic mass is 10.1. The smallest absolute Gasteiger partial charge is 0.0216 e. The first-order valence-electron chi connectivity index (χ1n) is 5.11. The number of hydrogen-bond donors (Lipinski definition) is 1. The molecule has 2 heteroatoms. The summed E-state index contributed by atoms with van der Waals surface area (Å²) in [5.41, 5.74) is 1.42. The van der Waals surface area contributed by atoms with Gasteiger partial charge in [0.15, 0.2) is 0 Å². The van der Waals surface area contributed by atoms with Gasteiger partial charge in [0.2, 0.25) is 0 Å². The molecule has 1 aromatic heterocycles. The van der Waals surface area contributed by atoms with E-state index in [-0.39, 0.29) is 0 Å². The third-order valence-corrected chi connectivity index (χ3v) is 3.04. The summed E-state index contributed by atoms with van der Waals surface area (Å²) < 4.78 is 0. The molecule has 0 aliphatic rings. The van der Waals surface area contributed by atoms with Crippen LogP contribution in [0.3, 0.4) is 0 Å². The Morgan fingerprint density at radius 2 is 2.31 bits per heavy atom. The van der Waals surface area contributed by atoms with E-state index in [0.717, 1.165) is 6.54 Å².